The van der Waals surface area contributed by atoms with Crippen molar-refractivity contribution in [1.82, 2.24) is 9.97 Å². The minimum absolute atomic E-state index is 0.835. The van der Waals surface area contributed by atoms with Gasteiger partial charge < -0.3 is 4.98 Å². The largest absolute Gasteiger partial charge is 0.345 e. The fraction of sp³-hybridized carbons (Fsp3) is 0. The van der Waals surface area contributed by atoms with Gasteiger partial charge in [-0.1, -0.05) is 18.2 Å². The van der Waals surface area contributed by atoms with Crippen LogP contribution >= 0.6 is 0 Å². The highest BCUT2D eigenvalue weighted by atomic mass is 14.9. The van der Waals surface area contributed by atoms with E-state index in [-0.39, 0.29) is 0 Å². The molecule has 0 aliphatic carbocycles. The van der Waals surface area contributed by atoms with Gasteiger partial charge in [0, 0.05) is 24.0 Å². The molecule has 52 valence electrons. The van der Waals surface area contributed by atoms with Crippen molar-refractivity contribution in [1.29, 1.82) is 0 Å². The maximum atomic E-state index is 4.08. The van der Waals surface area contributed by atoms with Crippen molar-refractivity contribution in [3.05, 3.63) is 42.7 Å². The van der Waals surface area contributed by atoms with Crippen molar-refractivity contribution in [3.8, 4) is 11.4 Å². The number of hydrogen-bond acceptors (Lipinski definition) is 1. The molecule has 0 aliphatic heterocycles. The molecule has 1 aromatic heterocycles. The topological polar surface area (TPSA) is 28.7 Å². The molecule has 2 heteroatoms. The third-order valence-corrected chi connectivity index (χ3v) is 1.40. The maximum absolute atomic E-state index is 4.08. The van der Waals surface area contributed by atoms with E-state index in [2.05, 4.69) is 22.1 Å². The number of hydrogen-bond donors (Lipinski definition) is 1. The number of benzene rings is 1. The fourth-order valence-corrected chi connectivity index (χ4v) is 0.904. The average Bonchev–Trinajstić information content (AvgIpc) is 2.58. The van der Waals surface area contributed by atoms with Gasteiger partial charge in [-0.15, -0.1) is 0 Å². The van der Waals surface area contributed by atoms with Crippen LogP contribution in [0.4, 0.5) is 0 Å². The molecular formula is C9H6N2. The number of nitrogens with one attached hydrogen (secondary N) is 1. The summed E-state index contributed by atoms with van der Waals surface area (Å²) in [5.41, 5.74) is 0.942. The lowest BCUT2D eigenvalue weighted by Gasteiger charge is -1.91. The third-order valence-electron chi connectivity index (χ3n) is 1.40. The predicted molar refractivity (Wildman–Crippen MR) is 41.7 cm³/mol. The first-order chi connectivity index (χ1) is 5.47. The molecule has 0 saturated heterocycles. The summed E-state index contributed by atoms with van der Waals surface area (Å²) in [6, 6.07) is 11.5. The van der Waals surface area contributed by atoms with E-state index in [1.54, 1.807) is 12.4 Å². The molecule has 2 nitrogen and oxygen atoms in total. The van der Waals surface area contributed by atoms with Crippen LogP contribution in [0.3, 0.4) is 0 Å². The summed E-state index contributed by atoms with van der Waals surface area (Å²) >= 11 is 0. The molecule has 0 bridgehead atoms. The Hall–Kier alpha value is -1.57. The zero-order valence-electron chi connectivity index (χ0n) is 5.83. The normalized spacial score (nSPS) is 9.82. The second kappa shape index (κ2) is 2.58. The first-order valence-corrected chi connectivity index (χ1v) is 3.35. The minimum Gasteiger partial charge on any atom is -0.345 e. The Bertz CT molecular complexity index is 311. The lowest BCUT2D eigenvalue weighted by atomic mass is 10.2. The van der Waals surface area contributed by atoms with Crippen LogP contribution in [0.1, 0.15) is 0 Å². The van der Waals surface area contributed by atoms with Gasteiger partial charge >= 0.3 is 0 Å². The van der Waals surface area contributed by atoms with Crippen LogP contribution in [-0.2, 0) is 0 Å². The van der Waals surface area contributed by atoms with Crippen LogP contribution in [0, 0.1) is 12.1 Å². The smallest absolute Gasteiger partial charge is 0.137 e. The lowest BCUT2D eigenvalue weighted by molar-refractivity contribution is 1.31. The highest BCUT2D eigenvalue weighted by molar-refractivity contribution is 5.52. The molecule has 0 unspecified atom stereocenters. The first kappa shape index (κ1) is 6.16. The van der Waals surface area contributed by atoms with Crippen LogP contribution in [-0.4, -0.2) is 9.97 Å². The van der Waals surface area contributed by atoms with E-state index in [4.69, 9.17) is 0 Å². The highest BCUT2D eigenvalue weighted by Crippen LogP contribution is 2.10. The SMILES string of the molecule is [c]1[c]c(-c2ncc[nH]2)ccc1. The predicted octanol–water partition coefficient (Wildman–Crippen LogP) is 1.68. The summed E-state index contributed by atoms with van der Waals surface area (Å²) in [6.07, 6.45) is 3.51. The third kappa shape index (κ3) is 1.15. The molecule has 1 aromatic carbocycles. The van der Waals surface area contributed by atoms with E-state index >= 15 is 0 Å². The van der Waals surface area contributed by atoms with Crippen molar-refractivity contribution in [3.63, 3.8) is 0 Å². The Labute approximate surface area is 64.9 Å². The van der Waals surface area contributed by atoms with Crippen molar-refractivity contribution in [2.75, 3.05) is 0 Å². The van der Waals surface area contributed by atoms with Gasteiger partial charge in [-0.2, -0.15) is 0 Å². The Morgan fingerprint density at radius 1 is 1.45 bits per heavy atom. The summed E-state index contributed by atoms with van der Waals surface area (Å²) in [6.45, 7) is 0. The van der Waals surface area contributed by atoms with E-state index in [1.807, 2.05) is 18.2 Å². The zero-order valence-corrected chi connectivity index (χ0v) is 5.83. The van der Waals surface area contributed by atoms with Gasteiger partial charge in [-0.3, -0.25) is 0 Å². The second-order valence-electron chi connectivity index (χ2n) is 2.15. The van der Waals surface area contributed by atoms with E-state index in [0.717, 1.165) is 11.4 Å². The lowest BCUT2D eigenvalue weighted by Crippen LogP contribution is -1.78. The van der Waals surface area contributed by atoms with E-state index in [9.17, 15) is 0 Å². The van der Waals surface area contributed by atoms with Crippen molar-refractivity contribution < 1.29 is 0 Å². The van der Waals surface area contributed by atoms with Crippen LogP contribution in [0.2, 0.25) is 0 Å². The van der Waals surface area contributed by atoms with E-state index in [1.165, 1.54) is 0 Å². The fourth-order valence-electron chi connectivity index (χ4n) is 0.904. The quantitative estimate of drug-likeness (QED) is 0.644. The number of nitrogens with zero attached hydrogens (tertiary/aromatic N) is 1. The first-order valence-electron chi connectivity index (χ1n) is 3.35. The van der Waals surface area contributed by atoms with Crippen molar-refractivity contribution in [2.45, 2.75) is 0 Å². The molecule has 0 saturated carbocycles. The van der Waals surface area contributed by atoms with Gasteiger partial charge in [0.15, 0.2) is 0 Å². The minimum atomic E-state index is 0.835. The number of rotatable bonds is 1. The molecule has 0 aliphatic rings. The summed E-state index contributed by atoms with van der Waals surface area (Å²) < 4.78 is 0. The van der Waals surface area contributed by atoms with Crippen LogP contribution in [0.25, 0.3) is 11.4 Å². The van der Waals surface area contributed by atoms with Crippen LogP contribution < -0.4 is 0 Å². The van der Waals surface area contributed by atoms with E-state index in [0.29, 0.717) is 0 Å². The van der Waals surface area contributed by atoms with Crippen LogP contribution in [0.15, 0.2) is 30.6 Å². The Kier molecular flexibility index (Phi) is 1.44. The zero-order chi connectivity index (χ0) is 7.52. The molecule has 1 heterocycles. The van der Waals surface area contributed by atoms with E-state index < -0.39 is 0 Å². The number of imidazole rings is 1. The molecule has 0 spiro atoms. The number of aromatic nitrogens is 2. The highest BCUT2D eigenvalue weighted by Gasteiger charge is 1.95. The van der Waals surface area contributed by atoms with Gasteiger partial charge in [-0.25, -0.2) is 4.98 Å². The Morgan fingerprint density at radius 2 is 2.45 bits per heavy atom. The Balaban J connectivity index is 2.46. The number of H-pyrrole nitrogens is 1. The monoisotopic (exact) mass is 142 g/mol. The molecular weight excluding hydrogens is 136 g/mol. The molecule has 2 rings (SSSR count). The van der Waals surface area contributed by atoms with Crippen molar-refractivity contribution in [2.24, 2.45) is 0 Å². The van der Waals surface area contributed by atoms with Crippen molar-refractivity contribution >= 4 is 0 Å². The van der Waals surface area contributed by atoms with Gasteiger partial charge in [-0.05, 0) is 6.07 Å². The molecule has 2 radical (unpaired) electrons. The summed E-state index contributed by atoms with van der Waals surface area (Å²) in [4.78, 5) is 7.07. The molecule has 0 amide bonds. The Morgan fingerprint density at radius 3 is 3.09 bits per heavy atom. The van der Waals surface area contributed by atoms with Crippen LogP contribution in [0.5, 0.6) is 0 Å². The van der Waals surface area contributed by atoms with Gasteiger partial charge in [0.2, 0.25) is 0 Å². The molecule has 0 atom stereocenters. The average molecular weight is 142 g/mol. The maximum Gasteiger partial charge on any atom is 0.137 e. The van der Waals surface area contributed by atoms with Gasteiger partial charge in [0.25, 0.3) is 0 Å². The summed E-state index contributed by atoms with van der Waals surface area (Å²) in [5, 5.41) is 0. The molecule has 0 fully saturated rings. The molecule has 2 aromatic rings. The molecule has 11 heavy (non-hydrogen) atoms. The summed E-state index contributed by atoms with van der Waals surface area (Å²) in [5.74, 6) is 0.835. The summed E-state index contributed by atoms with van der Waals surface area (Å²) in [7, 11) is 0. The standard InChI is InChI=1S/C9H6N2/c1-2-4-8(5-3-1)9-10-6-7-11-9/h1-2,4,6-7H,(H,10,11). The van der Waals surface area contributed by atoms with Gasteiger partial charge in [0.1, 0.15) is 5.82 Å². The van der Waals surface area contributed by atoms with Gasteiger partial charge in [0.05, 0.1) is 0 Å². The number of aromatic amines is 1. The molecule has 1 N–H and O–H groups in total. The second-order valence-corrected chi connectivity index (χ2v) is 2.15.